The topological polar surface area (TPSA) is 46.6 Å². The average Bonchev–Trinajstić information content (AvgIpc) is 2.32. The van der Waals surface area contributed by atoms with Gasteiger partial charge in [0.15, 0.2) is 11.5 Å². The molecule has 1 unspecified atom stereocenters. The summed E-state index contributed by atoms with van der Waals surface area (Å²) in [4.78, 5) is 23.7. The molecule has 1 aliphatic rings. The average molecular weight is 171 g/mol. The van der Waals surface area contributed by atoms with Crippen molar-refractivity contribution < 1.29 is 14.3 Å². The van der Waals surface area contributed by atoms with E-state index >= 15 is 0 Å². The van der Waals surface area contributed by atoms with Crippen molar-refractivity contribution in [2.24, 2.45) is 0 Å². The zero-order valence-corrected chi connectivity index (χ0v) is 7.59. The van der Waals surface area contributed by atoms with Gasteiger partial charge in [-0.2, -0.15) is 0 Å². The molecule has 4 heteroatoms. The second kappa shape index (κ2) is 2.86. The summed E-state index contributed by atoms with van der Waals surface area (Å²) in [7, 11) is 0. The number of hydrogen-bond donors (Lipinski definition) is 0. The molecule has 0 bridgehead atoms. The van der Waals surface area contributed by atoms with Crippen LogP contribution in [0.25, 0.3) is 0 Å². The van der Waals surface area contributed by atoms with Crippen LogP contribution in [-0.4, -0.2) is 35.5 Å². The van der Waals surface area contributed by atoms with Crippen LogP contribution >= 0.6 is 0 Å². The number of amides is 1. The molecule has 1 aliphatic heterocycles. The summed E-state index contributed by atoms with van der Waals surface area (Å²) in [5.74, 6) is -0.250. The Labute approximate surface area is 71.5 Å². The van der Waals surface area contributed by atoms with Crippen molar-refractivity contribution in [2.75, 3.05) is 13.2 Å². The largest absolute Gasteiger partial charge is 0.347 e. The first-order chi connectivity index (χ1) is 5.48. The maximum absolute atomic E-state index is 11.2. The first kappa shape index (κ1) is 9.19. The molecule has 1 rings (SSSR count). The molecule has 4 nitrogen and oxygen atoms in total. The summed E-state index contributed by atoms with van der Waals surface area (Å²) in [6.07, 6.45) is 0. The van der Waals surface area contributed by atoms with Crippen LogP contribution in [0.4, 0.5) is 0 Å². The van der Waals surface area contributed by atoms with Gasteiger partial charge in [-0.3, -0.25) is 9.59 Å². The number of rotatable bonds is 1. The second-order valence-electron chi connectivity index (χ2n) is 3.06. The molecule has 0 radical (unpaired) electrons. The lowest BCUT2D eigenvalue weighted by Gasteiger charge is -2.30. The first-order valence-electron chi connectivity index (χ1n) is 3.91. The maximum Gasteiger partial charge on any atom is 0.222 e. The van der Waals surface area contributed by atoms with Gasteiger partial charge in [-0.1, -0.05) is 0 Å². The summed E-state index contributed by atoms with van der Waals surface area (Å²) < 4.78 is 5.23. The second-order valence-corrected chi connectivity index (χ2v) is 3.06. The lowest BCUT2D eigenvalue weighted by atomic mass is 10.1. The van der Waals surface area contributed by atoms with Gasteiger partial charge in [0.2, 0.25) is 5.91 Å². The van der Waals surface area contributed by atoms with Gasteiger partial charge in [0, 0.05) is 13.5 Å². The zero-order valence-electron chi connectivity index (χ0n) is 7.59. The molecule has 0 aliphatic carbocycles. The van der Waals surface area contributed by atoms with E-state index in [2.05, 4.69) is 0 Å². The van der Waals surface area contributed by atoms with Gasteiger partial charge < -0.3 is 9.64 Å². The predicted molar refractivity (Wildman–Crippen MR) is 42.4 cm³/mol. The van der Waals surface area contributed by atoms with Crippen LogP contribution in [0.1, 0.15) is 20.8 Å². The number of ketones is 1. The Morgan fingerprint density at radius 3 is 2.33 bits per heavy atom. The quantitative estimate of drug-likeness (QED) is 0.565. The lowest BCUT2D eigenvalue weighted by molar-refractivity contribution is -0.159. The highest BCUT2D eigenvalue weighted by Gasteiger charge is 2.43. The molecule has 68 valence electrons. The first-order valence-corrected chi connectivity index (χ1v) is 3.91. The van der Waals surface area contributed by atoms with Gasteiger partial charge in [-0.15, -0.1) is 0 Å². The van der Waals surface area contributed by atoms with Crippen LogP contribution in [0.5, 0.6) is 0 Å². The summed E-state index contributed by atoms with van der Waals surface area (Å²) in [6, 6.07) is 0. The number of carbonyl (C=O) groups excluding carboxylic acids is 2. The lowest BCUT2D eigenvalue weighted by Crippen LogP contribution is -2.50. The highest BCUT2D eigenvalue weighted by molar-refractivity contribution is 5.89. The van der Waals surface area contributed by atoms with Crippen molar-refractivity contribution in [1.82, 2.24) is 4.90 Å². The summed E-state index contributed by atoms with van der Waals surface area (Å²) in [5.41, 5.74) is -1.02. The van der Waals surface area contributed by atoms with E-state index in [9.17, 15) is 9.59 Å². The molecule has 0 aromatic rings. The fourth-order valence-electron chi connectivity index (χ4n) is 1.38. The summed E-state index contributed by atoms with van der Waals surface area (Å²) >= 11 is 0. The van der Waals surface area contributed by atoms with Crippen LogP contribution in [0.3, 0.4) is 0 Å². The van der Waals surface area contributed by atoms with Gasteiger partial charge in [-0.25, -0.2) is 0 Å². The Bertz CT molecular complexity index is 226. The highest BCUT2D eigenvalue weighted by atomic mass is 16.5. The Hall–Kier alpha value is -0.900. The third-order valence-corrected chi connectivity index (χ3v) is 2.25. The molecule has 1 saturated heterocycles. The monoisotopic (exact) mass is 171 g/mol. The normalized spacial score (nSPS) is 29.1. The van der Waals surface area contributed by atoms with E-state index in [1.54, 1.807) is 6.92 Å². The maximum atomic E-state index is 11.2. The molecular weight excluding hydrogens is 158 g/mol. The summed E-state index contributed by atoms with van der Waals surface area (Å²) in [5, 5.41) is 0. The minimum Gasteiger partial charge on any atom is -0.347 e. The number of carbonyl (C=O) groups is 2. The van der Waals surface area contributed by atoms with Gasteiger partial charge in [-0.05, 0) is 13.8 Å². The Kier molecular flexibility index (Phi) is 2.19. The Balaban J connectivity index is 2.89. The van der Waals surface area contributed by atoms with Crippen molar-refractivity contribution in [3.63, 3.8) is 0 Å². The van der Waals surface area contributed by atoms with Crippen LogP contribution in [-0.2, 0) is 14.3 Å². The third kappa shape index (κ3) is 1.22. The molecule has 0 aromatic carbocycles. The zero-order chi connectivity index (χ0) is 9.35. The third-order valence-electron chi connectivity index (χ3n) is 2.25. The van der Waals surface area contributed by atoms with E-state index in [1.165, 1.54) is 18.7 Å². The molecule has 1 atom stereocenters. The fraction of sp³-hybridized carbons (Fsp3) is 0.750. The van der Waals surface area contributed by atoms with Gasteiger partial charge >= 0.3 is 0 Å². The van der Waals surface area contributed by atoms with E-state index in [0.29, 0.717) is 13.2 Å². The van der Waals surface area contributed by atoms with E-state index in [1.807, 2.05) is 0 Å². The molecular formula is C8H13NO3. The van der Waals surface area contributed by atoms with Crippen molar-refractivity contribution in [3.05, 3.63) is 0 Å². The van der Waals surface area contributed by atoms with Gasteiger partial charge in [0.25, 0.3) is 0 Å². The van der Waals surface area contributed by atoms with Crippen LogP contribution in [0.15, 0.2) is 0 Å². The van der Waals surface area contributed by atoms with E-state index in [0.717, 1.165) is 0 Å². The number of hydrogen-bond acceptors (Lipinski definition) is 3. The van der Waals surface area contributed by atoms with E-state index in [-0.39, 0.29) is 11.7 Å². The fourth-order valence-corrected chi connectivity index (χ4v) is 1.38. The van der Waals surface area contributed by atoms with Crippen molar-refractivity contribution >= 4 is 11.7 Å². The molecule has 0 spiro atoms. The van der Waals surface area contributed by atoms with Crippen molar-refractivity contribution in [3.8, 4) is 0 Å². The van der Waals surface area contributed by atoms with Gasteiger partial charge in [0.05, 0.1) is 6.61 Å². The number of Topliss-reactive ketones (excluding diaryl/α,β-unsaturated/α-hetero) is 1. The number of nitrogens with zero attached hydrogens (tertiary/aromatic N) is 1. The standard InChI is InChI=1S/C8H13NO3/c1-6(10)8(3)9(7(2)11)4-5-12-8/h4-5H2,1-3H3. The van der Waals surface area contributed by atoms with Crippen LogP contribution in [0.2, 0.25) is 0 Å². The van der Waals surface area contributed by atoms with Crippen LogP contribution < -0.4 is 0 Å². The molecule has 0 N–H and O–H groups in total. The molecule has 0 aromatic heterocycles. The molecule has 1 amide bonds. The Morgan fingerprint density at radius 1 is 1.42 bits per heavy atom. The Morgan fingerprint density at radius 2 is 2.00 bits per heavy atom. The SMILES string of the molecule is CC(=O)N1CCOC1(C)C(C)=O. The predicted octanol–water partition coefficient (Wildman–Crippen LogP) is 0.170. The number of ether oxygens (including phenoxy) is 1. The molecule has 0 saturated carbocycles. The molecule has 12 heavy (non-hydrogen) atoms. The highest BCUT2D eigenvalue weighted by Crippen LogP contribution is 2.23. The summed E-state index contributed by atoms with van der Waals surface area (Å²) in [6.45, 7) is 5.45. The molecule has 1 heterocycles. The minimum absolute atomic E-state index is 0.120. The minimum atomic E-state index is -1.02. The molecule has 1 fully saturated rings. The smallest absolute Gasteiger partial charge is 0.222 e. The van der Waals surface area contributed by atoms with E-state index in [4.69, 9.17) is 4.74 Å². The van der Waals surface area contributed by atoms with Crippen LogP contribution in [0, 0.1) is 0 Å². The van der Waals surface area contributed by atoms with Gasteiger partial charge in [0.1, 0.15) is 0 Å². The van der Waals surface area contributed by atoms with Crippen molar-refractivity contribution in [2.45, 2.75) is 26.5 Å². The van der Waals surface area contributed by atoms with E-state index < -0.39 is 5.72 Å². The van der Waals surface area contributed by atoms with Crippen molar-refractivity contribution in [1.29, 1.82) is 0 Å².